The number of nitrogens with one attached hydrogen (secondary N) is 1. The van der Waals surface area contributed by atoms with Crippen LogP contribution in [0, 0.1) is 5.92 Å². The highest BCUT2D eigenvalue weighted by Crippen LogP contribution is 2.27. The Hall–Kier alpha value is -1.35. The summed E-state index contributed by atoms with van der Waals surface area (Å²) in [7, 11) is 0. The quantitative estimate of drug-likeness (QED) is 0.897. The van der Waals surface area contributed by atoms with Gasteiger partial charge in [-0.15, -0.1) is 0 Å². The highest BCUT2D eigenvalue weighted by atomic mass is 16.2. The number of nitrogens with zero attached hydrogens (tertiary/aromatic N) is 1. The summed E-state index contributed by atoms with van der Waals surface area (Å²) in [5, 5.41) is 3.43. The van der Waals surface area contributed by atoms with Gasteiger partial charge < -0.3 is 10.2 Å². The number of carbonyl (C=O) groups is 1. The number of rotatable bonds is 3. The Balaban J connectivity index is 1.57. The third-order valence-corrected chi connectivity index (χ3v) is 4.47. The second-order valence-electron chi connectivity index (χ2n) is 5.70. The lowest BCUT2D eigenvalue weighted by molar-refractivity contribution is -0.135. The van der Waals surface area contributed by atoms with E-state index in [1.165, 1.54) is 18.4 Å². The average Bonchev–Trinajstić information content (AvgIpc) is 2.94. The summed E-state index contributed by atoms with van der Waals surface area (Å²) < 4.78 is 0. The molecule has 19 heavy (non-hydrogen) atoms. The molecule has 3 nitrogen and oxygen atoms in total. The van der Waals surface area contributed by atoms with E-state index in [9.17, 15) is 4.79 Å². The van der Waals surface area contributed by atoms with E-state index in [0.717, 1.165) is 26.1 Å². The fourth-order valence-corrected chi connectivity index (χ4v) is 3.42. The molecule has 0 aliphatic carbocycles. The lowest BCUT2D eigenvalue weighted by Gasteiger charge is -2.37. The monoisotopic (exact) mass is 258 g/mol. The van der Waals surface area contributed by atoms with Gasteiger partial charge in [0, 0.05) is 32.1 Å². The first kappa shape index (κ1) is 12.7. The Kier molecular flexibility index (Phi) is 3.83. The van der Waals surface area contributed by atoms with Crippen molar-refractivity contribution in [3.05, 3.63) is 35.9 Å². The molecule has 1 amide bonds. The third-order valence-electron chi connectivity index (χ3n) is 4.47. The molecular weight excluding hydrogens is 236 g/mol. The van der Waals surface area contributed by atoms with Crippen molar-refractivity contribution in [1.29, 1.82) is 0 Å². The Bertz CT molecular complexity index is 432. The molecular formula is C16H22N2O. The van der Waals surface area contributed by atoms with Crippen LogP contribution in [0.3, 0.4) is 0 Å². The van der Waals surface area contributed by atoms with Gasteiger partial charge in [0.25, 0.3) is 0 Å². The van der Waals surface area contributed by atoms with Gasteiger partial charge in [-0.05, 0) is 30.7 Å². The number of carbonyl (C=O) groups excluding carboxylic acids is 1. The minimum atomic E-state index is 0.335. The van der Waals surface area contributed by atoms with Crippen LogP contribution in [0.5, 0.6) is 0 Å². The molecule has 2 fully saturated rings. The van der Waals surface area contributed by atoms with Crippen LogP contribution in [-0.4, -0.2) is 36.5 Å². The maximum Gasteiger partial charge on any atom is 0.223 e. The molecule has 1 aromatic rings. The SMILES string of the molecule is O=C(CCc1ccccc1)N1CCCC2CNCC21. The summed E-state index contributed by atoms with van der Waals surface area (Å²) in [6.45, 7) is 3.03. The van der Waals surface area contributed by atoms with E-state index in [1.54, 1.807) is 0 Å². The van der Waals surface area contributed by atoms with Gasteiger partial charge in [0.15, 0.2) is 0 Å². The van der Waals surface area contributed by atoms with Crippen LogP contribution in [0.15, 0.2) is 30.3 Å². The van der Waals surface area contributed by atoms with Crippen molar-refractivity contribution >= 4 is 5.91 Å². The van der Waals surface area contributed by atoms with E-state index in [0.29, 0.717) is 24.3 Å². The Morgan fingerprint density at radius 3 is 2.95 bits per heavy atom. The molecule has 2 aliphatic rings. The molecule has 2 unspecified atom stereocenters. The Morgan fingerprint density at radius 1 is 1.26 bits per heavy atom. The standard InChI is InChI=1S/C16H22N2O/c19-16(9-8-13-5-2-1-3-6-13)18-10-4-7-14-11-17-12-15(14)18/h1-3,5-6,14-15,17H,4,7-12H2. The maximum absolute atomic E-state index is 12.4. The van der Waals surface area contributed by atoms with Crippen LogP contribution in [0.4, 0.5) is 0 Å². The second kappa shape index (κ2) is 5.74. The second-order valence-corrected chi connectivity index (χ2v) is 5.70. The minimum Gasteiger partial charge on any atom is -0.338 e. The molecule has 1 aromatic carbocycles. The normalized spacial score (nSPS) is 26.2. The number of fused-ring (bicyclic) bond motifs is 1. The van der Waals surface area contributed by atoms with Gasteiger partial charge in [-0.25, -0.2) is 0 Å². The summed E-state index contributed by atoms with van der Waals surface area (Å²) in [6, 6.07) is 10.8. The summed E-state index contributed by atoms with van der Waals surface area (Å²) in [6.07, 6.45) is 3.95. The maximum atomic E-state index is 12.4. The van der Waals surface area contributed by atoms with Crippen LogP contribution in [-0.2, 0) is 11.2 Å². The number of hydrogen-bond acceptors (Lipinski definition) is 2. The highest BCUT2D eigenvalue weighted by molar-refractivity contribution is 5.77. The first-order valence-corrected chi connectivity index (χ1v) is 7.39. The van der Waals surface area contributed by atoms with Crippen LogP contribution < -0.4 is 5.32 Å². The first-order valence-electron chi connectivity index (χ1n) is 7.39. The molecule has 2 heterocycles. The summed E-state index contributed by atoms with van der Waals surface area (Å²) in [4.78, 5) is 14.5. The van der Waals surface area contributed by atoms with Gasteiger partial charge in [0.1, 0.15) is 0 Å². The van der Waals surface area contributed by atoms with E-state index in [-0.39, 0.29) is 0 Å². The molecule has 0 aromatic heterocycles. The van der Waals surface area contributed by atoms with E-state index in [1.807, 2.05) is 18.2 Å². The van der Waals surface area contributed by atoms with Crippen molar-refractivity contribution in [3.63, 3.8) is 0 Å². The van der Waals surface area contributed by atoms with Crippen molar-refractivity contribution in [2.75, 3.05) is 19.6 Å². The predicted octanol–water partition coefficient (Wildman–Crippen LogP) is 1.83. The Labute approximate surface area is 115 Å². The lowest BCUT2D eigenvalue weighted by atomic mass is 9.91. The third kappa shape index (κ3) is 2.81. The van der Waals surface area contributed by atoms with Crippen molar-refractivity contribution in [1.82, 2.24) is 10.2 Å². The van der Waals surface area contributed by atoms with Gasteiger partial charge in [-0.2, -0.15) is 0 Å². The molecule has 2 aliphatic heterocycles. The van der Waals surface area contributed by atoms with Gasteiger partial charge in [0.2, 0.25) is 5.91 Å². The summed E-state index contributed by atoms with van der Waals surface area (Å²) in [5.74, 6) is 1.02. The molecule has 2 atom stereocenters. The molecule has 0 radical (unpaired) electrons. The van der Waals surface area contributed by atoms with E-state index >= 15 is 0 Å². The predicted molar refractivity (Wildman–Crippen MR) is 75.9 cm³/mol. The van der Waals surface area contributed by atoms with Crippen LogP contribution >= 0.6 is 0 Å². The van der Waals surface area contributed by atoms with Gasteiger partial charge in [-0.3, -0.25) is 4.79 Å². The molecule has 1 N–H and O–H groups in total. The molecule has 102 valence electrons. The van der Waals surface area contributed by atoms with Crippen molar-refractivity contribution in [2.45, 2.75) is 31.7 Å². The van der Waals surface area contributed by atoms with Crippen LogP contribution in [0.1, 0.15) is 24.8 Å². The summed E-state index contributed by atoms with van der Waals surface area (Å²) >= 11 is 0. The number of benzene rings is 1. The smallest absolute Gasteiger partial charge is 0.223 e. The molecule has 0 bridgehead atoms. The molecule has 0 spiro atoms. The first-order chi connectivity index (χ1) is 9.34. The number of hydrogen-bond donors (Lipinski definition) is 1. The molecule has 3 rings (SSSR count). The number of amides is 1. The number of aryl methyl sites for hydroxylation is 1. The number of piperidine rings is 1. The van der Waals surface area contributed by atoms with Crippen molar-refractivity contribution in [3.8, 4) is 0 Å². The zero-order chi connectivity index (χ0) is 13.1. The van der Waals surface area contributed by atoms with Crippen molar-refractivity contribution < 1.29 is 4.79 Å². The van der Waals surface area contributed by atoms with Crippen LogP contribution in [0.25, 0.3) is 0 Å². The van der Waals surface area contributed by atoms with E-state index in [2.05, 4.69) is 22.3 Å². The molecule has 2 saturated heterocycles. The lowest BCUT2D eigenvalue weighted by Crippen LogP contribution is -2.48. The van der Waals surface area contributed by atoms with Gasteiger partial charge in [-0.1, -0.05) is 30.3 Å². The fourth-order valence-electron chi connectivity index (χ4n) is 3.42. The zero-order valence-corrected chi connectivity index (χ0v) is 11.3. The molecule has 3 heteroatoms. The van der Waals surface area contributed by atoms with Gasteiger partial charge >= 0.3 is 0 Å². The van der Waals surface area contributed by atoms with Crippen molar-refractivity contribution in [2.24, 2.45) is 5.92 Å². The zero-order valence-electron chi connectivity index (χ0n) is 11.3. The minimum absolute atomic E-state index is 0.335. The average molecular weight is 258 g/mol. The summed E-state index contributed by atoms with van der Waals surface area (Å²) in [5.41, 5.74) is 1.26. The fraction of sp³-hybridized carbons (Fsp3) is 0.562. The van der Waals surface area contributed by atoms with E-state index < -0.39 is 0 Å². The Morgan fingerprint density at radius 2 is 2.11 bits per heavy atom. The van der Waals surface area contributed by atoms with Crippen LogP contribution in [0.2, 0.25) is 0 Å². The highest BCUT2D eigenvalue weighted by Gasteiger charge is 2.36. The molecule has 0 saturated carbocycles. The topological polar surface area (TPSA) is 32.3 Å². The van der Waals surface area contributed by atoms with Gasteiger partial charge in [0.05, 0.1) is 0 Å². The largest absolute Gasteiger partial charge is 0.338 e. The van der Waals surface area contributed by atoms with E-state index in [4.69, 9.17) is 0 Å². The number of likely N-dealkylation sites (tertiary alicyclic amines) is 1.